The fourth-order valence-electron chi connectivity index (χ4n) is 1.63. The van der Waals surface area contributed by atoms with Crippen molar-refractivity contribution in [2.45, 2.75) is 11.6 Å². The van der Waals surface area contributed by atoms with E-state index in [1.165, 1.54) is 0 Å². The molecule has 0 saturated carbocycles. The lowest BCUT2D eigenvalue weighted by atomic mass is 10.3. The van der Waals surface area contributed by atoms with Gasteiger partial charge in [0.2, 0.25) is 0 Å². The van der Waals surface area contributed by atoms with Crippen LogP contribution in [0.4, 0.5) is 5.69 Å². The zero-order valence-electron chi connectivity index (χ0n) is 9.26. The van der Waals surface area contributed by atoms with Crippen LogP contribution in [0.3, 0.4) is 0 Å². The maximum absolute atomic E-state index is 11.1. The minimum absolute atomic E-state index is 0.103. The molecular formula is C10H12N2O5S. The van der Waals surface area contributed by atoms with Crippen molar-refractivity contribution in [2.24, 2.45) is 0 Å². The highest BCUT2D eigenvalue weighted by atomic mass is 32.2. The minimum atomic E-state index is -4.43. The van der Waals surface area contributed by atoms with Crippen molar-refractivity contribution < 1.29 is 22.5 Å². The molecule has 0 radical (unpaired) electrons. The first-order valence-corrected chi connectivity index (χ1v) is 6.66. The van der Waals surface area contributed by atoms with Gasteiger partial charge in [0.1, 0.15) is 12.3 Å². The molecule has 98 valence electrons. The number of hydrogen-bond donors (Lipinski definition) is 2. The van der Waals surface area contributed by atoms with Gasteiger partial charge in [-0.1, -0.05) is 18.2 Å². The molecule has 2 atom stereocenters. The summed E-state index contributed by atoms with van der Waals surface area (Å²) in [4.78, 5) is 10.8. The highest BCUT2D eigenvalue weighted by Gasteiger charge is 2.42. The Kier molecular flexibility index (Phi) is 3.62. The quantitative estimate of drug-likeness (QED) is 0.592. The first kappa shape index (κ1) is 13.0. The van der Waals surface area contributed by atoms with Crippen LogP contribution in [0.1, 0.15) is 0 Å². The minimum Gasteiger partial charge on any atom is -0.344 e. The first-order chi connectivity index (χ1) is 8.52. The lowest BCUT2D eigenvalue weighted by Crippen LogP contribution is -2.45. The van der Waals surface area contributed by atoms with Crippen LogP contribution in [0.25, 0.3) is 0 Å². The Morgan fingerprint density at radius 2 is 2.06 bits per heavy atom. The Morgan fingerprint density at radius 1 is 1.39 bits per heavy atom. The molecule has 0 aliphatic carbocycles. The Labute approximate surface area is 104 Å². The molecule has 7 nitrogen and oxygen atoms in total. The van der Waals surface area contributed by atoms with E-state index in [1.807, 2.05) is 0 Å². The number of hydrogen-bond acceptors (Lipinski definition) is 6. The third kappa shape index (κ3) is 2.67. The molecular weight excluding hydrogens is 260 g/mol. The van der Waals surface area contributed by atoms with E-state index < -0.39 is 21.7 Å². The van der Waals surface area contributed by atoms with Crippen molar-refractivity contribution in [3.05, 3.63) is 30.3 Å². The molecule has 0 bridgehead atoms. The summed E-state index contributed by atoms with van der Waals surface area (Å²) in [5.74, 6) is 0. The normalized spacial score (nSPS) is 24.9. The molecule has 18 heavy (non-hydrogen) atoms. The average molecular weight is 272 g/mol. The monoisotopic (exact) mass is 272 g/mol. The molecule has 1 aliphatic heterocycles. The van der Waals surface area contributed by atoms with E-state index >= 15 is 0 Å². The van der Waals surface area contributed by atoms with Crippen molar-refractivity contribution in [3.8, 4) is 0 Å². The molecule has 0 amide bonds. The number of para-hydroxylation sites is 1. The number of benzene rings is 1. The maximum atomic E-state index is 11.1. The molecule has 1 saturated heterocycles. The fourth-order valence-corrected chi connectivity index (χ4v) is 2.38. The van der Waals surface area contributed by atoms with Crippen LogP contribution in [-0.4, -0.2) is 42.5 Å². The van der Waals surface area contributed by atoms with Crippen LogP contribution in [0.5, 0.6) is 0 Å². The molecule has 1 aromatic rings. The summed E-state index contributed by atoms with van der Waals surface area (Å²) < 4.78 is 36.2. The van der Waals surface area contributed by atoms with Crippen LogP contribution in [0, 0.1) is 0 Å². The van der Waals surface area contributed by atoms with E-state index in [4.69, 9.17) is 9.29 Å². The SMILES string of the molecule is O=CC1COC(S(=O)(=O)O)N1Nc1ccccc1. The van der Waals surface area contributed by atoms with Crippen molar-refractivity contribution in [3.63, 3.8) is 0 Å². The van der Waals surface area contributed by atoms with Gasteiger partial charge in [0, 0.05) is 5.69 Å². The third-order valence-electron chi connectivity index (χ3n) is 2.44. The summed E-state index contributed by atoms with van der Waals surface area (Å²) in [5.41, 5.74) is 1.73. The lowest BCUT2D eigenvalue weighted by molar-refractivity contribution is -0.111. The maximum Gasteiger partial charge on any atom is 0.308 e. The second kappa shape index (κ2) is 5.02. The number of ether oxygens (including phenoxy) is 1. The van der Waals surface area contributed by atoms with E-state index in [9.17, 15) is 13.2 Å². The smallest absolute Gasteiger partial charge is 0.308 e. The highest BCUT2D eigenvalue weighted by Crippen LogP contribution is 2.21. The Bertz CT molecular complexity index is 518. The molecule has 1 aromatic carbocycles. The second-order valence-electron chi connectivity index (χ2n) is 3.74. The highest BCUT2D eigenvalue weighted by molar-refractivity contribution is 7.86. The standard InChI is InChI=1S/C10H12N2O5S/c13-6-9-7-17-10(18(14,15)16)12(9)11-8-4-2-1-3-5-8/h1-6,9-11H,7H2,(H,14,15,16). The van der Waals surface area contributed by atoms with E-state index in [1.54, 1.807) is 30.3 Å². The molecule has 1 aliphatic rings. The summed E-state index contributed by atoms with van der Waals surface area (Å²) >= 11 is 0. The summed E-state index contributed by atoms with van der Waals surface area (Å²) in [6.07, 6.45) is 0.557. The predicted octanol–water partition coefficient (Wildman–Crippen LogP) is 0.0846. The molecule has 1 fully saturated rings. The van der Waals surface area contributed by atoms with Crippen LogP contribution in [0.15, 0.2) is 30.3 Å². The number of carbonyl (C=O) groups is 1. The third-order valence-corrected chi connectivity index (χ3v) is 3.31. The molecule has 1 heterocycles. The number of nitrogens with one attached hydrogen (secondary N) is 1. The zero-order valence-corrected chi connectivity index (χ0v) is 10.1. The van der Waals surface area contributed by atoms with Gasteiger partial charge in [-0.05, 0) is 12.1 Å². The Morgan fingerprint density at radius 3 is 2.61 bits per heavy atom. The topological polar surface area (TPSA) is 95.9 Å². The fraction of sp³-hybridized carbons (Fsp3) is 0.300. The number of aldehydes is 1. The van der Waals surface area contributed by atoms with Crippen LogP contribution in [-0.2, 0) is 19.6 Å². The van der Waals surface area contributed by atoms with Crippen molar-refractivity contribution in [2.75, 3.05) is 12.0 Å². The largest absolute Gasteiger partial charge is 0.344 e. The number of rotatable bonds is 4. The van der Waals surface area contributed by atoms with E-state index in [2.05, 4.69) is 5.43 Å². The molecule has 8 heteroatoms. The predicted molar refractivity (Wildman–Crippen MR) is 63.0 cm³/mol. The molecule has 0 aromatic heterocycles. The van der Waals surface area contributed by atoms with Crippen molar-refractivity contribution in [1.82, 2.24) is 5.01 Å². The van der Waals surface area contributed by atoms with Gasteiger partial charge in [-0.2, -0.15) is 13.4 Å². The van der Waals surface area contributed by atoms with Gasteiger partial charge in [0.15, 0.2) is 0 Å². The van der Waals surface area contributed by atoms with Gasteiger partial charge < -0.3 is 15.0 Å². The van der Waals surface area contributed by atoms with Crippen molar-refractivity contribution >= 4 is 22.1 Å². The lowest BCUT2D eigenvalue weighted by Gasteiger charge is -2.24. The van der Waals surface area contributed by atoms with Gasteiger partial charge in [-0.25, -0.2) is 0 Å². The summed E-state index contributed by atoms with van der Waals surface area (Å²) in [7, 11) is -4.43. The van der Waals surface area contributed by atoms with Gasteiger partial charge in [0.05, 0.1) is 6.61 Å². The summed E-state index contributed by atoms with van der Waals surface area (Å²) in [6, 6.07) is 7.90. The van der Waals surface area contributed by atoms with Crippen molar-refractivity contribution in [1.29, 1.82) is 0 Å². The van der Waals surface area contributed by atoms with E-state index in [-0.39, 0.29) is 6.61 Å². The Hall–Kier alpha value is -1.48. The van der Waals surface area contributed by atoms with Gasteiger partial charge in [-0.3, -0.25) is 4.55 Å². The van der Waals surface area contributed by atoms with Crippen LogP contribution in [0.2, 0.25) is 0 Å². The molecule has 2 unspecified atom stereocenters. The van der Waals surface area contributed by atoms with Gasteiger partial charge >= 0.3 is 10.1 Å². The number of anilines is 1. The van der Waals surface area contributed by atoms with Crippen LogP contribution >= 0.6 is 0 Å². The van der Waals surface area contributed by atoms with Gasteiger partial charge in [0.25, 0.3) is 5.56 Å². The number of carbonyl (C=O) groups excluding carboxylic acids is 1. The van der Waals surface area contributed by atoms with E-state index in [0.717, 1.165) is 5.01 Å². The number of nitrogens with zero attached hydrogens (tertiary/aromatic N) is 1. The summed E-state index contributed by atoms with van der Waals surface area (Å²) in [5, 5.41) is 1.07. The Balaban J connectivity index is 2.23. The molecule has 0 spiro atoms. The average Bonchev–Trinajstić information content (AvgIpc) is 2.73. The van der Waals surface area contributed by atoms with Crippen LogP contribution < -0.4 is 5.43 Å². The summed E-state index contributed by atoms with van der Waals surface area (Å²) in [6.45, 7) is -0.103. The molecule has 2 N–H and O–H groups in total. The number of hydrazine groups is 1. The first-order valence-electron chi connectivity index (χ1n) is 5.15. The van der Waals surface area contributed by atoms with Gasteiger partial charge in [-0.15, -0.1) is 0 Å². The zero-order chi connectivity index (χ0) is 13.2. The van der Waals surface area contributed by atoms with E-state index in [0.29, 0.717) is 12.0 Å². The second-order valence-corrected chi connectivity index (χ2v) is 5.18. The molecule has 2 rings (SSSR count).